The number of hydrogen-bond donors (Lipinski definition) is 1. The Balaban J connectivity index is 1.47. The predicted molar refractivity (Wildman–Crippen MR) is 86.3 cm³/mol. The van der Waals surface area contributed by atoms with Crippen LogP contribution < -0.4 is 5.32 Å². The van der Waals surface area contributed by atoms with Crippen molar-refractivity contribution in [2.45, 2.75) is 51.4 Å². The van der Waals surface area contributed by atoms with E-state index in [4.69, 9.17) is 0 Å². The fourth-order valence-electron chi connectivity index (χ4n) is 4.33. The topological polar surface area (TPSA) is 18.5 Å². The van der Waals surface area contributed by atoms with Gasteiger partial charge in [-0.15, -0.1) is 0 Å². The zero-order chi connectivity index (χ0) is 14.2. The first kappa shape index (κ1) is 13.7. The number of benzene rings is 1. The molecule has 1 aromatic carbocycles. The molecule has 2 saturated heterocycles. The lowest BCUT2D eigenvalue weighted by Gasteiger charge is -2.42. The molecule has 3 heteroatoms. The summed E-state index contributed by atoms with van der Waals surface area (Å²) < 4.78 is 0. The zero-order valence-corrected chi connectivity index (χ0v) is 13.1. The summed E-state index contributed by atoms with van der Waals surface area (Å²) in [5.41, 5.74) is 4.56. The fraction of sp³-hybridized carbons (Fsp3) is 0.667. The molecule has 1 N–H and O–H groups in total. The molecule has 0 bridgehead atoms. The minimum Gasteiger partial charge on any atom is -0.312 e. The molecule has 3 aliphatic rings. The van der Waals surface area contributed by atoms with Gasteiger partial charge < -0.3 is 5.32 Å². The van der Waals surface area contributed by atoms with Crippen LogP contribution in [0.5, 0.6) is 0 Å². The number of rotatable bonds is 2. The summed E-state index contributed by atoms with van der Waals surface area (Å²) >= 11 is 0. The van der Waals surface area contributed by atoms with Crippen LogP contribution in [0.2, 0.25) is 0 Å². The van der Waals surface area contributed by atoms with Crippen LogP contribution in [0, 0.1) is 0 Å². The molecule has 0 aromatic heterocycles. The molecule has 2 atom stereocenters. The van der Waals surface area contributed by atoms with Gasteiger partial charge in [0.25, 0.3) is 0 Å². The van der Waals surface area contributed by atoms with Gasteiger partial charge in [0.2, 0.25) is 0 Å². The van der Waals surface area contributed by atoms with Crippen molar-refractivity contribution in [3.05, 3.63) is 34.9 Å². The van der Waals surface area contributed by atoms with E-state index in [9.17, 15) is 0 Å². The third-order valence-electron chi connectivity index (χ3n) is 5.61. The van der Waals surface area contributed by atoms with Crippen LogP contribution in [0.3, 0.4) is 0 Å². The van der Waals surface area contributed by atoms with Crippen molar-refractivity contribution < 1.29 is 0 Å². The van der Waals surface area contributed by atoms with E-state index in [2.05, 4.69) is 40.2 Å². The Bertz CT molecular complexity index is 513. The largest absolute Gasteiger partial charge is 0.312 e. The minimum atomic E-state index is 0.688. The van der Waals surface area contributed by atoms with E-state index >= 15 is 0 Å². The van der Waals surface area contributed by atoms with E-state index in [1.165, 1.54) is 50.0 Å². The van der Waals surface area contributed by atoms with Crippen molar-refractivity contribution in [2.24, 2.45) is 0 Å². The van der Waals surface area contributed by atoms with Gasteiger partial charge >= 0.3 is 0 Å². The molecule has 0 saturated carbocycles. The Morgan fingerprint density at radius 3 is 3.14 bits per heavy atom. The normalized spacial score (nSPS) is 30.1. The summed E-state index contributed by atoms with van der Waals surface area (Å²) in [6.07, 6.45) is 3.99. The summed E-state index contributed by atoms with van der Waals surface area (Å²) in [6.45, 7) is 9.55. The molecule has 21 heavy (non-hydrogen) atoms. The smallest absolute Gasteiger partial charge is 0.0237 e. The van der Waals surface area contributed by atoms with Crippen LogP contribution in [0.4, 0.5) is 0 Å². The van der Waals surface area contributed by atoms with Crippen molar-refractivity contribution >= 4 is 0 Å². The number of nitrogens with zero attached hydrogens (tertiary/aromatic N) is 2. The van der Waals surface area contributed by atoms with Crippen LogP contribution >= 0.6 is 0 Å². The Hall–Kier alpha value is -0.900. The first-order valence-corrected chi connectivity index (χ1v) is 8.59. The van der Waals surface area contributed by atoms with Crippen LogP contribution in [0.25, 0.3) is 0 Å². The van der Waals surface area contributed by atoms with E-state index in [1.807, 2.05) is 0 Å². The number of hydrogen-bond acceptors (Lipinski definition) is 3. The summed E-state index contributed by atoms with van der Waals surface area (Å²) in [5.74, 6) is 0. The lowest BCUT2D eigenvalue weighted by molar-refractivity contribution is 0.0540. The standard InChI is InChI=1S/C18H27N3/c1-14-11-20-8-2-3-18(20)13-21(14)12-15-4-5-16-6-7-19-10-17(16)9-15/h4-5,9,14,18-19H,2-3,6-8,10-13H2,1H3. The molecule has 0 aliphatic carbocycles. The maximum Gasteiger partial charge on any atom is 0.0237 e. The van der Waals surface area contributed by atoms with Gasteiger partial charge in [0, 0.05) is 38.3 Å². The molecular weight excluding hydrogens is 258 g/mol. The van der Waals surface area contributed by atoms with Gasteiger partial charge in [-0.05, 0) is 56.0 Å². The third-order valence-corrected chi connectivity index (χ3v) is 5.61. The van der Waals surface area contributed by atoms with Crippen LogP contribution in [0.15, 0.2) is 18.2 Å². The van der Waals surface area contributed by atoms with Gasteiger partial charge in [-0.3, -0.25) is 9.80 Å². The summed E-state index contributed by atoms with van der Waals surface area (Å²) in [4.78, 5) is 5.41. The molecule has 3 nitrogen and oxygen atoms in total. The molecule has 3 aliphatic heterocycles. The highest BCUT2D eigenvalue weighted by atomic mass is 15.3. The second-order valence-electron chi connectivity index (χ2n) is 7.10. The SMILES string of the molecule is CC1CN2CCCC2CN1Cc1ccc2c(c1)CNCC2. The van der Waals surface area contributed by atoms with Crippen LogP contribution in [0.1, 0.15) is 36.5 Å². The second-order valence-corrected chi connectivity index (χ2v) is 7.10. The van der Waals surface area contributed by atoms with Crippen LogP contribution in [-0.4, -0.2) is 48.1 Å². The summed E-state index contributed by atoms with van der Waals surface area (Å²) in [5, 5.41) is 3.49. The van der Waals surface area contributed by atoms with Crippen molar-refractivity contribution in [1.29, 1.82) is 0 Å². The van der Waals surface area contributed by atoms with Crippen molar-refractivity contribution in [2.75, 3.05) is 26.2 Å². The monoisotopic (exact) mass is 285 g/mol. The van der Waals surface area contributed by atoms with Gasteiger partial charge in [0.1, 0.15) is 0 Å². The van der Waals surface area contributed by atoms with Gasteiger partial charge in [-0.2, -0.15) is 0 Å². The second kappa shape index (κ2) is 5.71. The van der Waals surface area contributed by atoms with E-state index in [0.29, 0.717) is 6.04 Å². The average Bonchev–Trinajstić information content (AvgIpc) is 2.94. The predicted octanol–water partition coefficient (Wildman–Crippen LogP) is 2.00. The quantitative estimate of drug-likeness (QED) is 0.896. The number of fused-ring (bicyclic) bond motifs is 2. The van der Waals surface area contributed by atoms with E-state index in [-0.39, 0.29) is 0 Å². The van der Waals surface area contributed by atoms with E-state index in [0.717, 1.165) is 25.7 Å². The van der Waals surface area contributed by atoms with Crippen molar-refractivity contribution in [3.8, 4) is 0 Å². The maximum atomic E-state index is 3.49. The number of nitrogens with one attached hydrogen (secondary N) is 1. The molecule has 0 spiro atoms. The lowest BCUT2D eigenvalue weighted by Crippen LogP contribution is -2.54. The van der Waals surface area contributed by atoms with Gasteiger partial charge in [-0.25, -0.2) is 0 Å². The Labute approximate surface area is 128 Å². The van der Waals surface area contributed by atoms with Gasteiger partial charge in [0.05, 0.1) is 0 Å². The summed E-state index contributed by atoms with van der Waals surface area (Å²) in [6, 6.07) is 8.67. The minimum absolute atomic E-state index is 0.688. The van der Waals surface area contributed by atoms with Gasteiger partial charge in [-0.1, -0.05) is 18.2 Å². The molecular formula is C18H27N3. The highest BCUT2D eigenvalue weighted by Gasteiger charge is 2.34. The fourth-order valence-corrected chi connectivity index (χ4v) is 4.33. The lowest BCUT2D eigenvalue weighted by atomic mass is 9.98. The van der Waals surface area contributed by atoms with Crippen molar-refractivity contribution in [3.63, 3.8) is 0 Å². The molecule has 114 valence electrons. The first-order valence-electron chi connectivity index (χ1n) is 8.59. The Morgan fingerprint density at radius 1 is 1.24 bits per heavy atom. The van der Waals surface area contributed by atoms with Gasteiger partial charge in [0.15, 0.2) is 0 Å². The number of piperazine rings is 1. The molecule has 0 amide bonds. The molecule has 2 unspecified atom stereocenters. The molecule has 1 aromatic rings. The van der Waals surface area contributed by atoms with Crippen LogP contribution in [-0.2, 0) is 19.5 Å². The molecule has 4 rings (SSSR count). The first-order chi connectivity index (χ1) is 10.3. The highest BCUT2D eigenvalue weighted by Crippen LogP contribution is 2.26. The summed E-state index contributed by atoms with van der Waals surface area (Å²) in [7, 11) is 0. The zero-order valence-electron chi connectivity index (χ0n) is 13.1. The highest BCUT2D eigenvalue weighted by molar-refractivity contribution is 5.33. The van der Waals surface area contributed by atoms with E-state index in [1.54, 1.807) is 5.56 Å². The molecule has 2 fully saturated rings. The molecule has 0 radical (unpaired) electrons. The Kier molecular flexibility index (Phi) is 3.74. The van der Waals surface area contributed by atoms with E-state index < -0.39 is 0 Å². The maximum absolute atomic E-state index is 3.49. The average molecular weight is 285 g/mol. The van der Waals surface area contributed by atoms with Crippen molar-refractivity contribution in [1.82, 2.24) is 15.1 Å². The Morgan fingerprint density at radius 2 is 2.19 bits per heavy atom. The third kappa shape index (κ3) is 2.75. The molecule has 3 heterocycles.